The molecule has 2 aromatic carbocycles. The standard InChI is InChI=1S/C26H22FN5O/c1-17-2-4-18(5-3-17)15-29-26-28-12-10-22(30-26)25-24(20-6-8-21(27)9-7-20)31-23-14-19(16-33)11-13-32(23)25/h2-14,33H,15-16H2,1H3,(H,28,29,30). The molecule has 5 aromatic rings. The van der Waals surface area contributed by atoms with Gasteiger partial charge in [0.05, 0.1) is 23.7 Å². The van der Waals surface area contributed by atoms with Gasteiger partial charge in [0.25, 0.3) is 0 Å². The fraction of sp³-hybridized carbons (Fsp3) is 0.115. The summed E-state index contributed by atoms with van der Waals surface area (Å²) in [5, 5.41) is 12.8. The highest BCUT2D eigenvalue weighted by Crippen LogP contribution is 2.32. The van der Waals surface area contributed by atoms with Crippen LogP contribution in [0.25, 0.3) is 28.3 Å². The largest absolute Gasteiger partial charge is 0.392 e. The Kier molecular flexibility index (Phi) is 5.54. The Hall–Kier alpha value is -4.10. The molecule has 0 spiro atoms. The Bertz CT molecular complexity index is 1410. The van der Waals surface area contributed by atoms with Crippen molar-refractivity contribution in [2.45, 2.75) is 20.1 Å². The monoisotopic (exact) mass is 439 g/mol. The number of hydrogen-bond acceptors (Lipinski definition) is 5. The number of aromatic nitrogens is 4. The summed E-state index contributed by atoms with van der Waals surface area (Å²) in [7, 11) is 0. The lowest BCUT2D eigenvalue weighted by Crippen LogP contribution is -2.04. The van der Waals surface area contributed by atoms with Crippen LogP contribution in [0.1, 0.15) is 16.7 Å². The van der Waals surface area contributed by atoms with Crippen molar-refractivity contribution in [1.29, 1.82) is 0 Å². The van der Waals surface area contributed by atoms with Gasteiger partial charge < -0.3 is 10.4 Å². The minimum absolute atomic E-state index is 0.0782. The van der Waals surface area contributed by atoms with Crippen molar-refractivity contribution < 1.29 is 9.50 Å². The van der Waals surface area contributed by atoms with E-state index in [9.17, 15) is 9.50 Å². The smallest absolute Gasteiger partial charge is 0.223 e. The highest BCUT2D eigenvalue weighted by atomic mass is 19.1. The van der Waals surface area contributed by atoms with Gasteiger partial charge in [0.15, 0.2) is 0 Å². The molecule has 7 heteroatoms. The number of aliphatic hydroxyl groups is 1. The highest BCUT2D eigenvalue weighted by molar-refractivity contribution is 5.80. The number of rotatable bonds is 6. The van der Waals surface area contributed by atoms with E-state index in [2.05, 4.69) is 41.5 Å². The van der Waals surface area contributed by atoms with Crippen molar-refractivity contribution in [3.63, 3.8) is 0 Å². The fourth-order valence-electron chi connectivity index (χ4n) is 3.70. The molecule has 0 aliphatic rings. The number of anilines is 1. The molecule has 0 aliphatic carbocycles. The number of halogens is 1. The summed E-state index contributed by atoms with van der Waals surface area (Å²) < 4.78 is 15.5. The van der Waals surface area contributed by atoms with E-state index in [1.165, 1.54) is 17.7 Å². The van der Waals surface area contributed by atoms with Crippen molar-refractivity contribution in [1.82, 2.24) is 19.4 Å². The van der Waals surface area contributed by atoms with Gasteiger partial charge in [-0.25, -0.2) is 19.3 Å². The predicted octanol–water partition coefficient (Wildman–Crippen LogP) is 5.01. The molecule has 164 valence electrons. The molecule has 5 rings (SSSR count). The van der Waals surface area contributed by atoms with Crippen LogP contribution in [0.3, 0.4) is 0 Å². The van der Waals surface area contributed by atoms with Gasteiger partial charge in [0.2, 0.25) is 5.95 Å². The molecule has 0 aliphatic heterocycles. The molecule has 0 saturated carbocycles. The van der Waals surface area contributed by atoms with E-state index in [0.29, 0.717) is 29.5 Å². The molecule has 0 atom stereocenters. The van der Waals surface area contributed by atoms with E-state index in [1.54, 1.807) is 18.3 Å². The van der Waals surface area contributed by atoms with E-state index in [4.69, 9.17) is 9.97 Å². The van der Waals surface area contributed by atoms with Gasteiger partial charge in [-0.3, -0.25) is 4.40 Å². The molecule has 3 heterocycles. The average Bonchev–Trinajstić information content (AvgIpc) is 3.23. The number of benzene rings is 2. The second-order valence-corrected chi connectivity index (χ2v) is 7.84. The van der Waals surface area contributed by atoms with E-state index in [1.807, 2.05) is 28.8 Å². The zero-order valence-electron chi connectivity index (χ0n) is 18.0. The van der Waals surface area contributed by atoms with Crippen molar-refractivity contribution in [2.75, 3.05) is 5.32 Å². The van der Waals surface area contributed by atoms with E-state index >= 15 is 0 Å². The first kappa shape index (κ1) is 20.8. The third kappa shape index (κ3) is 4.31. The van der Waals surface area contributed by atoms with Gasteiger partial charge in [-0.15, -0.1) is 0 Å². The Labute approximate surface area is 190 Å². The molecule has 0 unspecified atom stereocenters. The molecule has 0 radical (unpaired) electrons. The number of nitrogens with zero attached hydrogens (tertiary/aromatic N) is 4. The van der Waals surface area contributed by atoms with Gasteiger partial charge in [-0.1, -0.05) is 29.8 Å². The molecule has 2 N–H and O–H groups in total. The van der Waals surface area contributed by atoms with E-state index in [-0.39, 0.29) is 12.4 Å². The van der Waals surface area contributed by atoms with Crippen LogP contribution in [0.4, 0.5) is 10.3 Å². The minimum Gasteiger partial charge on any atom is -0.392 e. The zero-order chi connectivity index (χ0) is 22.8. The number of nitrogens with one attached hydrogen (secondary N) is 1. The third-order valence-corrected chi connectivity index (χ3v) is 5.46. The number of fused-ring (bicyclic) bond motifs is 1. The quantitative estimate of drug-likeness (QED) is 0.389. The maximum absolute atomic E-state index is 13.5. The van der Waals surface area contributed by atoms with Crippen LogP contribution in [-0.4, -0.2) is 24.5 Å². The van der Waals surface area contributed by atoms with Crippen LogP contribution < -0.4 is 5.32 Å². The maximum atomic E-state index is 13.5. The van der Waals surface area contributed by atoms with Crippen LogP contribution in [0, 0.1) is 12.7 Å². The van der Waals surface area contributed by atoms with Crippen molar-refractivity contribution in [2.24, 2.45) is 0 Å². The molecular formula is C26H22FN5O. The first-order valence-corrected chi connectivity index (χ1v) is 10.6. The van der Waals surface area contributed by atoms with Crippen LogP contribution in [0.2, 0.25) is 0 Å². The first-order valence-electron chi connectivity index (χ1n) is 10.6. The van der Waals surface area contributed by atoms with Gasteiger partial charge in [0.1, 0.15) is 11.5 Å². The van der Waals surface area contributed by atoms with Crippen LogP contribution in [-0.2, 0) is 13.2 Å². The highest BCUT2D eigenvalue weighted by Gasteiger charge is 2.18. The summed E-state index contributed by atoms with van der Waals surface area (Å²) in [4.78, 5) is 13.9. The van der Waals surface area contributed by atoms with Crippen molar-refractivity contribution in [3.05, 3.63) is 102 Å². The van der Waals surface area contributed by atoms with E-state index < -0.39 is 0 Å². The van der Waals surface area contributed by atoms with Crippen molar-refractivity contribution >= 4 is 11.6 Å². The van der Waals surface area contributed by atoms with Gasteiger partial charge in [0, 0.05) is 24.5 Å². The number of pyridine rings is 1. The number of imidazole rings is 1. The Morgan fingerprint density at radius 3 is 2.48 bits per heavy atom. The van der Waals surface area contributed by atoms with Crippen molar-refractivity contribution in [3.8, 4) is 22.6 Å². The predicted molar refractivity (Wildman–Crippen MR) is 126 cm³/mol. The van der Waals surface area contributed by atoms with Crippen LogP contribution in [0.5, 0.6) is 0 Å². The molecule has 33 heavy (non-hydrogen) atoms. The van der Waals surface area contributed by atoms with Gasteiger partial charge in [-0.05, 0) is 60.5 Å². The van der Waals surface area contributed by atoms with Gasteiger partial charge in [-0.2, -0.15) is 0 Å². The second-order valence-electron chi connectivity index (χ2n) is 7.84. The summed E-state index contributed by atoms with van der Waals surface area (Å²) in [6.45, 7) is 2.58. The summed E-state index contributed by atoms with van der Waals surface area (Å²) in [6, 6.07) is 20.0. The topological polar surface area (TPSA) is 75.3 Å². The Morgan fingerprint density at radius 2 is 1.73 bits per heavy atom. The third-order valence-electron chi connectivity index (χ3n) is 5.46. The van der Waals surface area contributed by atoms with Gasteiger partial charge >= 0.3 is 0 Å². The maximum Gasteiger partial charge on any atom is 0.223 e. The molecule has 0 saturated heterocycles. The minimum atomic E-state index is -0.309. The second kappa shape index (κ2) is 8.80. The summed E-state index contributed by atoms with van der Waals surface area (Å²) in [6.07, 6.45) is 3.56. The summed E-state index contributed by atoms with van der Waals surface area (Å²) in [5.41, 5.74) is 6.66. The molecule has 3 aromatic heterocycles. The molecule has 0 amide bonds. The number of aliphatic hydroxyl groups excluding tert-OH is 1. The average molecular weight is 439 g/mol. The number of hydrogen-bond donors (Lipinski definition) is 2. The molecule has 0 fully saturated rings. The molecular weight excluding hydrogens is 417 g/mol. The summed E-state index contributed by atoms with van der Waals surface area (Å²) >= 11 is 0. The number of aryl methyl sites for hydroxylation is 1. The van der Waals surface area contributed by atoms with E-state index in [0.717, 1.165) is 22.4 Å². The lowest BCUT2D eigenvalue weighted by atomic mass is 10.1. The SMILES string of the molecule is Cc1ccc(CNc2nccc(-c3c(-c4ccc(F)cc4)nc4cc(CO)ccn34)n2)cc1. The summed E-state index contributed by atoms with van der Waals surface area (Å²) in [5.74, 6) is 0.191. The lowest BCUT2D eigenvalue weighted by Gasteiger charge is -2.09. The normalized spacial score (nSPS) is 11.1. The van der Waals surface area contributed by atoms with Crippen LogP contribution >= 0.6 is 0 Å². The fourth-order valence-corrected chi connectivity index (χ4v) is 3.70. The zero-order valence-corrected chi connectivity index (χ0v) is 18.0. The Morgan fingerprint density at radius 1 is 0.939 bits per heavy atom. The Balaban J connectivity index is 1.56. The van der Waals surface area contributed by atoms with Crippen LogP contribution in [0.15, 0.2) is 79.1 Å². The molecule has 0 bridgehead atoms. The molecule has 6 nitrogen and oxygen atoms in total. The first-order chi connectivity index (χ1) is 16.1. The lowest BCUT2D eigenvalue weighted by molar-refractivity contribution is 0.282.